The number of carbonyl (C=O) groups is 2. The predicted molar refractivity (Wildman–Crippen MR) is 127 cm³/mol. The Morgan fingerprint density at radius 3 is 2.58 bits per heavy atom. The number of hydrogen-bond donors (Lipinski definition) is 2. The zero-order valence-corrected chi connectivity index (χ0v) is 18.9. The fourth-order valence-corrected chi connectivity index (χ4v) is 4.18. The number of rotatable bonds is 7. The molecule has 3 aromatic carbocycles. The molecule has 0 radical (unpaired) electrons. The number of hydrogen-bond acceptors (Lipinski definition) is 5. The van der Waals surface area contributed by atoms with Crippen LogP contribution in [-0.4, -0.2) is 32.3 Å². The maximum atomic E-state index is 13.9. The fraction of sp³-hybridized carbons (Fsp3) is 0.167. The minimum atomic E-state index is -0.589. The molecule has 0 aliphatic carbocycles. The fourth-order valence-electron chi connectivity index (χ4n) is 3.46. The van der Waals surface area contributed by atoms with E-state index in [-0.39, 0.29) is 17.2 Å². The second-order valence-electron chi connectivity index (χ2n) is 7.44. The quantitative estimate of drug-likeness (QED) is 0.398. The van der Waals surface area contributed by atoms with Crippen LogP contribution in [-0.2, 0) is 11.8 Å². The number of benzene rings is 3. The first-order valence-corrected chi connectivity index (χ1v) is 11.3. The second kappa shape index (κ2) is 9.83. The van der Waals surface area contributed by atoms with Gasteiger partial charge in [0.25, 0.3) is 5.91 Å². The van der Waals surface area contributed by atoms with Crippen LogP contribution in [0.4, 0.5) is 10.1 Å². The van der Waals surface area contributed by atoms with Gasteiger partial charge >= 0.3 is 0 Å². The normalized spacial score (nSPS) is 11.8. The maximum Gasteiger partial charge on any atom is 0.254 e. The largest absolute Gasteiger partial charge is 0.342 e. The molecule has 0 fully saturated rings. The lowest BCUT2D eigenvalue weighted by atomic mass is 10.1. The van der Waals surface area contributed by atoms with Gasteiger partial charge in [0.15, 0.2) is 11.0 Å². The molecule has 7 nitrogen and oxygen atoms in total. The van der Waals surface area contributed by atoms with Crippen molar-refractivity contribution in [2.24, 2.45) is 7.05 Å². The highest BCUT2D eigenvalue weighted by molar-refractivity contribution is 7.99. The topological polar surface area (TPSA) is 88.9 Å². The third kappa shape index (κ3) is 5.04. The molecule has 1 aromatic heterocycles. The molecular formula is C24H22FN5O2S. The van der Waals surface area contributed by atoms with Gasteiger partial charge in [-0.25, -0.2) is 4.39 Å². The highest BCUT2D eigenvalue weighted by Crippen LogP contribution is 2.24. The van der Waals surface area contributed by atoms with Crippen LogP contribution < -0.4 is 10.6 Å². The molecule has 2 amide bonds. The van der Waals surface area contributed by atoms with Gasteiger partial charge in [-0.1, -0.05) is 60.3 Å². The van der Waals surface area contributed by atoms with Gasteiger partial charge in [0.2, 0.25) is 5.91 Å². The lowest BCUT2D eigenvalue weighted by Gasteiger charge is -2.14. The van der Waals surface area contributed by atoms with E-state index in [9.17, 15) is 14.0 Å². The first-order valence-electron chi connectivity index (χ1n) is 10.3. The molecule has 0 bridgehead atoms. The Bertz CT molecular complexity index is 1320. The van der Waals surface area contributed by atoms with Gasteiger partial charge in [0.1, 0.15) is 5.82 Å². The predicted octanol–water partition coefficient (Wildman–Crippen LogP) is 4.33. The molecule has 0 saturated carbocycles. The molecule has 0 saturated heterocycles. The molecule has 9 heteroatoms. The standard InChI is InChI=1S/C24H22FN5O2S/c1-15(26-23(32)18-11-5-6-12-19(18)25)22-28-29-24(30(22)2)33-14-21(31)27-20-13-7-9-16-8-3-4-10-17(16)20/h3-13,15H,14H2,1-2H3,(H,26,32)(H,27,31)/t15-/m1/s1. The summed E-state index contributed by atoms with van der Waals surface area (Å²) in [6, 6.07) is 18.9. The minimum absolute atomic E-state index is 0.0359. The van der Waals surface area contributed by atoms with Gasteiger partial charge in [0.05, 0.1) is 17.4 Å². The molecule has 168 valence electrons. The number of fused-ring (bicyclic) bond motifs is 1. The Morgan fingerprint density at radius 2 is 1.76 bits per heavy atom. The van der Waals surface area contributed by atoms with E-state index in [1.54, 1.807) is 24.6 Å². The van der Waals surface area contributed by atoms with Gasteiger partial charge in [-0.2, -0.15) is 0 Å². The Hall–Kier alpha value is -3.72. The van der Waals surface area contributed by atoms with Crippen LogP contribution in [0.1, 0.15) is 29.1 Å². The molecular weight excluding hydrogens is 441 g/mol. The molecule has 4 rings (SSSR count). The van der Waals surface area contributed by atoms with E-state index in [1.807, 2.05) is 42.5 Å². The monoisotopic (exact) mass is 463 g/mol. The molecule has 33 heavy (non-hydrogen) atoms. The number of anilines is 1. The lowest BCUT2D eigenvalue weighted by molar-refractivity contribution is -0.113. The van der Waals surface area contributed by atoms with Crippen LogP contribution >= 0.6 is 11.8 Å². The summed E-state index contributed by atoms with van der Waals surface area (Å²) in [6.07, 6.45) is 0. The lowest BCUT2D eigenvalue weighted by Crippen LogP contribution is -2.29. The molecule has 1 atom stereocenters. The third-order valence-corrected chi connectivity index (χ3v) is 6.14. The summed E-state index contributed by atoms with van der Waals surface area (Å²) < 4.78 is 15.6. The number of nitrogens with one attached hydrogen (secondary N) is 2. The van der Waals surface area contributed by atoms with Crippen LogP contribution in [0.25, 0.3) is 10.8 Å². The van der Waals surface area contributed by atoms with Gasteiger partial charge in [-0.05, 0) is 30.5 Å². The van der Waals surface area contributed by atoms with Crippen molar-refractivity contribution >= 4 is 40.0 Å². The smallest absolute Gasteiger partial charge is 0.254 e. The number of amides is 2. The number of carbonyl (C=O) groups excluding carboxylic acids is 2. The molecule has 1 heterocycles. The van der Waals surface area contributed by atoms with Crippen LogP contribution in [0.3, 0.4) is 0 Å². The van der Waals surface area contributed by atoms with Crippen LogP contribution in [0.2, 0.25) is 0 Å². The van der Waals surface area contributed by atoms with E-state index in [0.717, 1.165) is 16.5 Å². The van der Waals surface area contributed by atoms with E-state index < -0.39 is 17.8 Å². The summed E-state index contributed by atoms with van der Waals surface area (Å²) >= 11 is 1.24. The van der Waals surface area contributed by atoms with Crippen molar-refractivity contribution in [3.8, 4) is 0 Å². The molecule has 0 aliphatic rings. The van der Waals surface area contributed by atoms with Crippen LogP contribution in [0.5, 0.6) is 0 Å². The van der Waals surface area contributed by atoms with Crippen molar-refractivity contribution in [2.45, 2.75) is 18.1 Å². The molecule has 0 unspecified atom stereocenters. The van der Waals surface area contributed by atoms with Gasteiger partial charge in [-0.15, -0.1) is 10.2 Å². The average Bonchev–Trinajstić information content (AvgIpc) is 3.18. The summed E-state index contributed by atoms with van der Waals surface area (Å²) in [6.45, 7) is 1.74. The molecule has 0 aliphatic heterocycles. The highest BCUT2D eigenvalue weighted by Gasteiger charge is 2.20. The number of aromatic nitrogens is 3. The van der Waals surface area contributed by atoms with Gasteiger partial charge < -0.3 is 15.2 Å². The number of halogens is 1. The van der Waals surface area contributed by atoms with Crippen molar-refractivity contribution in [2.75, 3.05) is 11.1 Å². The molecule has 4 aromatic rings. The second-order valence-corrected chi connectivity index (χ2v) is 8.38. The van der Waals surface area contributed by atoms with Crippen LogP contribution in [0.15, 0.2) is 71.9 Å². The maximum absolute atomic E-state index is 13.9. The average molecular weight is 464 g/mol. The minimum Gasteiger partial charge on any atom is -0.342 e. The summed E-state index contributed by atoms with van der Waals surface area (Å²) in [5.74, 6) is -0.648. The third-order valence-electron chi connectivity index (χ3n) is 5.12. The summed E-state index contributed by atoms with van der Waals surface area (Å²) in [4.78, 5) is 24.9. The Morgan fingerprint density at radius 1 is 1.03 bits per heavy atom. The Kier molecular flexibility index (Phi) is 6.69. The Balaban J connectivity index is 1.38. The van der Waals surface area contributed by atoms with Crippen molar-refractivity contribution in [1.29, 1.82) is 0 Å². The zero-order valence-electron chi connectivity index (χ0n) is 18.1. The zero-order chi connectivity index (χ0) is 23.4. The van der Waals surface area contributed by atoms with Crippen molar-refractivity contribution < 1.29 is 14.0 Å². The van der Waals surface area contributed by atoms with Crippen LogP contribution in [0, 0.1) is 5.82 Å². The van der Waals surface area contributed by atoms with Crippen molar-refractivity contribution in [3.63, 3.8) is 0 Å². The summed E-state index contributed by atoms with van der Waals surface area (Å²) in [7, 11) is 1.76. The SMILES string of the molecule is C[C@@H](NC(=O)c1ccccc1F)c1nnc(SCC(=O)Nc2cccc3ccccc23)n1C. The number of thioether (sulfide) groups is 1. The first-order chi connectivity index (χ1) is 15.9. The van der Waals surface area contributed by atoms with E-state index in [2.05, 4.69) is 20.8 Å². The van der Waals surface area contributed by atoms with E-state index in [0.29, 0.717) is 11.0 Å². The van der Waals surface area contributed by atoms with Gasteiger partial charge in [0, 0.05) is 18.1 Å². The number of nitrogens with zero attached hydrogens (tertiary/aromatic N) is 3. The van der Waals surface area contributed by atoms with E-state index in [4.69, 9.17) is 0 Å². The Labute approximate surface area is 194 Å². The highest BCUT2D eigenvalue weighted by atomic mass is 32.2. The molecule has 0 spiro atoms. The van der Waals surface area contributed by atoms with Gasteiger partial charge in [-0.3, -0.25) is 9.59 Å². The molecule has 2 N–H and O–H groups in total. The van der Waals surface area contributed by atoms with E-state index >= 15 is 0 Å². The van der Waals surface area contributed by atoms with Crippen molar-refractivity contribution in [1.82, 2.24) is 20.1 Å². The summed E-state index contributed by atoms with van der Waals surface area (Å²) in [5.41, 5.74) is 0.716. The van der Waals surface area contributed by atoms with E-state index in [1.165, 1.54) is 30.0 Å². The first kappa shape index (κ1) is 22.5. The summed E-state index contributed by atoms with van der Waals surface area (Å²) in [5, 5.41) is 16.5. The van der Waals surface area contributed by atoms with Crippen molar-refractivity contribution in [3.05, 3.63) is 83.9 Å².